The van der Waals surface area contributed by atoms with Gasteiger partial charge >= 0.3 is 6.09 Å². The number of thioether (sulfide) groups is 1. The third-order valence-corrected chi connectivity index (χ3v) is 9.81. The Morgan fingerprint density at radius 1 is 0.978 bits per heavy atom. The van der Waals surface area contributed by atoms with Crippen molar-refractivity contribution in [2.75, 3.05) is 12.4 Å². The second kappa shape index (κ2) is 14.9. The second-order valence-electron chi connectivity index (χ2n) is 10.7. The van der Waals surface area contributed by atoms with Gasteiger partial charge < -0.3 is 24.6 Å². The Kier molecular flexibility index (Phi) is 10.2. The number of aliphatic hydroxyl groups excluding tert-OH is 1. The summed E-state index contributed by atoms with van der Waals surface area (Å²) in [7, 11) is 0. The molecule has 3 atom stereocenters. The molecule has 45 heavy (non-hydrogen) atoms. The molecule has 6 rings (SSSR count). The summed E-state index contributed by atoms with van der Waals surface area (Å²) in [4.78, 5) is 16.6. The first-order valence-electron chi connectivity index (χ1n) is 14.8. The molecule has 0 radical (unpaired) electrons. The summed E-state index contributed by atoms with van der Waals surface area (Å²) in [6.07, 6.45) is 1.04. The fraction of sp³-hybridized carbons (Fsp3) is 0.222. The number of ether oxygens (including phenoxy) is 3. The molecular formula is C36H34N2O5S2. The number of fused-ring (bicyclic) bond motifs is 1. The Morgan fingerprint density at radius 3 is 2.56 bits per heavy atom. The van der Waals surface area contributed by atoms with Crippen molar-refractivity contribution < 1.29 is 24.1 Å². The number of aliphatic hydroxyl groups is 1. The summed E-state index contributed by atoms with van der Waals surface area (Å²) >= 11 is 3.42. The van der Waals surface area contributed by atoms with Crippen molar-refractivity contribution in [3.63, 3.8) is 0 Å². The number of hydrogen-bond donors (Lipinski definition) is 2. The topological polar surface area (TPSA) is 89.9 Å². The fourth-order valence-electron chi connectivity index (χ4n) is 5.15. The van der Waals surface area contributed by atoms with Gasteiger partial charge in [0.05, 0.1) is 29.0 Å². The molecule has 1 saturated heterocycles. The summed E-state index contributed by atoms with van der Waals surface area (Å²) in [6.45, 7) is 4.10. The number of carbonyl (C=O) groups is 1. The maximum atomic E-state index is 11.8. The molecular weight excluding hydrogens is 605 g/mol. The van der Waals surface area contributed by atoms with E-state index < -0.39 is 12.4 Å². The molecule has 1 fully saturated rings. The van der Waals surface area contributed by atoms with Crippen LogP contribution in [-0.2, 0) is 27.4 Å². The van der Waals surface area contributed by atoms with E-state index in [-0.39, 0.29) is 25.4 Å². The van der Waals surface area contributed by atoms with Gasteiger partial charge in [-0.1, -0.05) is 103 Å². The van der Waals surface area contributed by atoms with E-state index in [1.165, 1.54) is 10.8 Å². The molecule has 5 aromatic rings. The number of rotatable bonds is 11. The van der Waals surface area contributed by atoms with Crippen molar-refractivity contribution in [1.29, 1.82) is 0 Å². The standard InChI is InChI=1S/C36H34N2O5S2/c1-2-18-41-35(40)37-21-25-6-5-7-29(19-25)26-14-16-28(17-15-26)34-42-30(20-32(43-34)27-12-10-24(22-39)11-13-27)23-44-36-38-31-8-3-4-9-33(31)45-36/h2-17,19,30,32,34,39H,1,18,20-23H2,(H,37,40)/t30-,32+,34+/m0/s1. The molecule has 230 valence electrons. The number of hydrogen-bond acceptors (Lipinski definition) is 8. The van der Waals surface area contributed by atoms with E-state index in [4.69, 9.17) is 19.2 Å². The van der Waals surface area contributed by atoms with Crippen LogP contribution in [0.5, 0.6) is 0 Å². The molecule has 0 spiro atoms. The molecule has 0 aliphatic carbocycles. The van der Waals surface area contributed by atoms with Crippen LogP contribution in [-0.4, -0.2) is 34.6 Å². The van der Waals surface area contributed by atoms with E-state index in [0.29, 0.717) is 13.0 Å². The Balaban J connectivity index is 1.16. The molecule has 0 unspecified atom stereocenters. The highest BCUT2D eigenvalue weighted by Crippen LogP contribution is 2.40. The molecule has 0 saturated carbocycles. The summed E-state index contributed by atoms with van der Waals surface area (Å²) in [5.74, 6) is 0.755. The third kappa shape index (κ3) is 8.00. The zero-order valence-corrected chi connectivity index (χ0v) is 26.3. The number of para-hydroxylation sites is 1. The van der Waals surface area contributed by atoms with E-state index >= 15 is 0 Å². The van der Waals surface area contributed by atoms with Crippen molar-refractivity contribution in [1.82, 2.24) is 10.3 Å². The number of thiazole rings is 1. The number of amides is 1. The number of nitrogens with zero attached hydrogens (tertiary/aromatic N) is 1. The Bertz CT molecular complexity index is 1710. The number of carbonyl (C=O) groups excluding carboxylic acids is 1. The molecule has 1 aromatic heterocycles. The third-order valence-electron chi connectivity index (χ3n) is 7.49. The summed E-state index contributed by atoms with van der Waals surface area (Å²) in [5, 5.41) is 12.3. The van der Waals surface area contributed by atoms with Gasteiger partial charge in [0.2, 0.25) is 0 Å². The van der Waals surface area contributed by atoms with Crippen LogP contribution < -0.4 is 5.32 Å². The molecule has 4 aromatic carbocycles. The van der Waals surface area contributed by atoms with Gasteiger partial charge in [-0.25, -0.2) is 9.78 Å². The molecule has 1 aliphatic heterocycles. The quantitative estimate of drug-likeness (QED) is 0.111. The first-order chi connectivity index (χ1) is 22.1. The van der Waals surface area contributed by atoms with Crippen molar-refractivity contribution >= 4 is 39.4 Å². The molecule has 1 amide bonds. The minimum Gasteiger partial charge on any atom is -0.445 e. The first-order valence-corrected chi connectivity index (χ1v) is 16.6. The van der Waals surface area contributed by atoms with Gasteiger partial charge in [-0.15, -0.1) is 11.3 Å². The van der Waals surface area contributed by atoms with Gasteiger partial charge in [0, 0.05) is 24.3 Å². The summed E-state index contributed by atoms with van der Waals surface area (Å²) in [6, 6.07) is 32.4. The lowest BCUT2D eigenvalue weighted by atomic mass is 9.99. The predicted octanol–water partition coefficient (Wildman–Crippen LogP) is 8.21. The predicted molar refractivity (Wildman–Crippen MR) is 179 cm³/mol. The highest BCUT2D eigenvalue weighted by molar-refractivity contribution is 8.01. The molecule has 7 nitrogen and oxygen atoms in total. The highest BCUT2D eigenvalue weighted by Gasteiger charge is 2.32. The monoisotopic (exact) mass is 638 g/mol. The first kappa shape index (κ1) is 31.0. The molecule has 9 heteroatoms. The van der Waals surface area contributed by atoms with Gasteiger partial charge in [0.1, 0.15) is 6.61 Å². The van der Waals surface area contributed by atoms with Crippen LogP contribution in [0.15, 0.2) is 114 Å². The van der Waals surface area contributed by atoms with Crippen LogP contribution in [0.4, 0.5) is 4.79 Å². The van der Waals surface area contributed by atoms with Crippen LogP contribution >= 0.6 is 23.1 Å². The molecule has 2 N–H and O–H groups in total. The van der Waals surface area contributed by atoms with Gasteiger partial charge in [-0.3, -0.25) is 0 Å². The van der Waals surface area contributed by atoms with Crippen LogP contribution in [0.1, 0.15) is 41.1 Å². The Hall–Kier alpha value is -3.99. The number of alkyl carbamates (subject to hydrolysis) is 1. The fourth-order valence-corrected chi connectivity index (χ4v) is 7.27. The largest absolute Gasteiger partial charge is 0.445 e. The maximum absolute atomic E-state index is 11.8. The Labute approximate surface area is 270 Å². The lowest BCUT2D eigenvalue weighted by Gasteiger charge is -2.36. The second-order valence-corrected chi connectivity index (χ2v) is 13.0. The average Bonchev–Trinajstić information content (AvgIpc) is 3.52. The van der Waals surface area contributed by atoms with Crippen LogP contribution in [0, 0.1) is 0 Å². The van der Waals surface area contributed by atoms with Crippen LogP contribution in [0.3, 0.4) is 0 Å². The highest BCUT2D eigenvalue weighted by atomic mass is 32.2. The van der Waals surface area contributed by atoms with E-state index in [1.54, 1.807) is 23.1 Å². The number of benzene rings is 4. The number of aromatic nitrogens is 1. The van der Waals surface area contributed by atoms with Crippen LogP contribution in [0.2, 0.25) is 0 Å². The lowest BCUT2D eigenvalue weighted by molar-refractivity contribution is -0.245. The van der Waals surface area contributed by atoms with E-state index in [9.17, 15) is 9.90 Å². The van der Waals surface area contributed by atoms with E-state index in [2.05, 4.69) is 36.2 Å². The zero-order valence-electron chi connectivity index (χ0n) is 24.6. The zero-order chi connectivity index (χ0) is 31.0. The van der Waals surface area contributed by atoms with Crippen molar-refractivity contribution in [2.45, 2.75) is 42.4 Å². The van der Waals surface area contributed by atoms with E-state index in [1.807, 2.05) is 72.8 Å². The van der Waals surface area contributed by atoms with Crippen LogP contribution in [0.25, 0.3) is 21.3 Å². The van der Waals surface area contributed by atoms with Crippen molar-refractivity contribution in [2.24, 2.45) is 0 Å². The summed E-state index contributed by atoms with van der Waals surface area (Å²) in [5.41, 5.74) is 6.94. The van der Waals surface area contributed by atoms with Gasteiger partial charge in [0.15, 0.2) is 10.6 Å². The van der Waals surface area contributed by atoms with E-state index in [0.717, 1.165) is 49.0 Å². The van der Waals surface area contributed by atoms with Gasteiger partial charge in [-0.05, 0) is 46.0 Å². The average molecular weight is 639 g/mol. The van der Waals surface area contributed by atoms with Crippen molar-refractivity contribution in [3.05, 3.63) is 132 Å². The minimum atomic E-state index is -0.534. The molecule has 0 bridgehead atoms. The minimum absolute atomic E-state index is 0.00696. The maximum Gasteiger partial charge on any atom is 0.407 e. The SMILES string of the molecule is C=CCOC(=O)NCc1cccc(-c2ccc([C@@H]3O[C@H](CSc4nc5ccccc5s4)C[C@H](c4ccc(CO)cc4)O3)cc2)c1. The van der Waals surface area contributed by atoms with Crippen molar-refractivity contribution in [3.8, 4) is 11.1 Å². The molecule has 2 heterocycles. The smallest absolute Gasteiger partial charge is 0.407 e. The summed E-state index contributed by atoms with van der Waals surface area (Å²) < 4.78 is 20.3. The number of nitrogens with one attached hydrogen (secondary N) is 1. The lowest BCUT2D eigenvalue weighted by Crippen LogP contribution is -2.31. The van der Waals surface area contributed by atoms with Gasteiger partial charge in [-0.2, -0.15) is 0 Å². The Morgan fingerprint density at radius 2 is 1.78 bits per heavy atom. The normalized spacial score (nSPS) is 18.0. The van der Waals surface area contributed by atoms with Gasteiger partial charge in [0.25, 0.3) is 0 Å². The molecule has 1 aliphatic rings.